The van der Waals surface area contributed by atoms with Gasteiger partial charge in [0, 0.05) is 18.3 Å². The molecule has 0 aliphatic rings. The maximum atomic E-state index is 12.7. The molecule has 3 aromatic rings. The first-order valence-corrected chi connectivity index (χ1v) is 11.8. The van der Waals surface area contributed by atoms with Crippen LogP contribution in [0.3, 0.4) is 0 Å². The minimum Gasteiger partial charge on any atom is -0.490 e. The van der Waals surface area contributed by atoms with Crippen LogP contribution < -0.4 is 14.2 Å². The Hall–Kier alpha value is -2.84. The second-order valence-electron chi connectivity index (χ2n) is 7.13. The van der Waals surface area contributed by atoms with E-state index in [2.05, 4.69) is 9.82 Å². The molecule has 0 atom stereocenters. The molecular formula is C23H29N3O4S. The number of ether oxygens (including phenoxy) is 2. The maximum Gasteiger partial charge on any atom is 0.240 e. The first-order chi connectivity index (χ1) is 14.8. The van der Waals surface area contributed by atoms with Crippen molar-refractivity contribution in [3.05, 3.63) is 65.5 Å². The van der Waals surface area contributed by atoms with Gasteiger partial charge < -0.3 is 9.47 Å². The monoisotopic (exact) mass is 443 g/mol. The van der Waals surface area contributed by atoms with E-state index < -0.39 is 10.0 Å². The Kier molecular flexibility index (Phi) is 7.35. The molecule has 0 unspecified atom stereocenters. The summed E-state index contributed by atoms with van der Waals surface area (Å²) in [7, 11) is -3.66. The second kappa shape index (κ2) is 9.98. The van der Waals surface area contributed by atoms with Gasteiger partial charge in [0.25, 0.3) is 0 Å². The molecule has 1 N–H and O–H groups in total. The molecule has 0 radical (unpaired) electrons. The number of hydrogen-bond donors (Lipinski definition) is 1. The van der Waals surface area contributed by atoms with Gasteiger partial charge >= 0.3 is 0 Å². The summed E-state index contributed by atoms with van der Waals surface area (Å²) in [6.45, 7) is 8.87. The van der Waals surface area contributed by atoms with Crippen molar-refractivity contribution in [2.45, 2.75) is 39.0 Å². The van der Waals surface area contributed by atoms with Gasteiger partial charge in [-0.25, -0.2) is 17.8 Å². The fraction of sp³-hybridized carbons (Fsp3) is 0.348. The Bertz CT molecular complexity index is 1120. The highest BCUT2D eigenvalue weighted by atomic mass is 32.2. The van der Waals surface area contributed by atoms with Crippen molar-refractivity contribution in [2.24, 2.45) is 0 Å². The van der Waals surface area contributed by atoms with Gasteiger partial charge in [-0.2, -0.15) is 5.10 Å². The van der Waals surface area contributed by atoms with Gasteiger partial charge in [-0.1, -0.05) is 12.1 Å². The minimum atomic E-state index is -3.66. The fourth-order valence-corrected chi connectivity index (χ4v) is 4.35. The number of nitrogens with zero attached hydrogens (tertiary/aromatic N) is 2. The van der Waals surface area contributed by atoms with Crippen molar-refractivity contribution in [3.8, 4) is 17.2 Å². The Morgan fingerprint density at radius 1 is 0.935 bits per heavy atom. The zero-order valence-corrected chi connectivity index (χ0v) is 19.2. The highest BCUT2D eigenvalue weighted by Gasteiger charge is 2.17. The van der Waals surface area contributed by atoms with Gasteiger partial charge in [0.15, 0.2) is 11.5 Å². The first-order valence-electron chi connectivity index (χ1n) is 10.4. The molecule has 1 heterocycles. The molecule has 166 valence electrons. The lowest BCUT2D eigenvalue weighted by atomic mass is 10.1. The van der Waals surface area contributed by atoms with Crippen LogP contribution in [0.15, 0.2) is 53.4 Å². The summed E-state index contributed by atoms with van der Waals surface area (Å²) in [6.07, 6.45) is 0.575. The molecule has 0 saturated heterocycles. The van der Waals surface area contributed by atoms with Crippen LogP contribution in [0, 0.1) is 13.8 Å². The van der Waals surface area contributed by atoms with E-state index in [1.807, 2.05) is 62.7 Å². The van der Waals surface area contributed by atoms with Gasteiger partial charge in [0.1, 0.15) is 0 Å². The van der Waals surface area contributed by atoms with Crippen LogP contribution in [0.1, 0.15) is 30.8 Å². The molecule has 2 aromatic carbocycles. The summed E-state index contributed by atoms with van der Waals surface area (Å²) in [5.74, 6) is 0.956. The number of aromatic nitrogens is 2. The van der Waals surface area contributed by atoms with E-state index in [4.69, 9.17) is 9.47 Å². The van der Waals surface area contributed by atoms with E-state index in [1.165, 1.54) is 12.1 Å². The van der Waals surface area contributed by atoms with Crippen LogP contribution in [0.25, 0.3) is 5.69 Å². The number of rotatable bonds is 10. The van der Waals surface area contributed by atoms with Crippen molar-refractivity contribution >= 4 is 10.0 Å². The Labute approximate surface area is 184 Å². The van der Waals surface area contributed by atoms with E-state index in [-0.39, 0.29) is 4.90 Å². The number of hydrogen-bond acceptors (Lipinski definition) is 5. The molecule has 3 rings (SSSR count). The lowest BCUT2D eigenvalue weighted by molar-refractivity contribution is 0.287. The predicted molar refractivity (Wildman–Crippen MR) is 121 cm³/mol. The third kappa shape index (κ3) is 5.65. The van der Waals surface area contributed by atoms with Crippen LogP contribution in [0.2, 0.25) is 0 Å². The van der Waals surface area contributed by atoms with Crippen LogP contribution in [-0.4, -0.2) is 38.0 Å². The SMILES string of the molecule is CCOc1ccc(S(=O)(=O)NCCc2ccc(-n3nc(C)cc3C)cc2)cc1OCC. The molecule has 0 fully saturated rings. The van der Waals surface area contributed by atoms with Crippen LogP contribution in [0.4, 0.5) is 0 Å². The fourth-order valence-electron chi connectivity index (χ4n) is 3.31. The van der Waals surface area contributed by atoms with Crippen molar-refractivity contribution in [3.63, 3.8) is 0 Å². The van der Waals surface area contributed by atoms with Crippen molar-refractivity contribution < 1.29 is 17.9 Å². The zero-order chi connectivity index (χ0) is 22.4. The van der Waals surface area contributed by atoms with Gasteiger partial charge in [0.05, 0.1) is 29.5 Å². The summed E-state index contributed by atoms with van der Waals surface area (Å²) in [4.78, 5) is 0.152. The van der Waals surface area contributed by atoms with E-state index in [0.717, 1.165) is 22.6 Å². The molecule has 8 heteroatoms. The quantitative estimate of drug-likeness (QED) is 0.515. The highest BCUT2D eigenvalue weighted by Crippen LogP contribution is 2.30. The summed E-state index contributed by atoms with van der Waals surface area (Å²) in [5, 5.41) is 4.48. The lowest BCUT2D eigenvalue weighted by Gasteiger charge is -2.13. The average Bonchev–Trinajstić information content (AvgIpc) is 3.08. The number of benzene rings is 2. The Morgan fingerprint density at radius 2 is 1.61 bits per heavy atom. The van der Waals surface area contributed by atoms with Crippen molar-refractivity contribution in [1.82, 2.24) is 14.5 Å². The van der Waals surface area contributed by atoms with Gasteiger partial charge in [0.2, 0.25) is 10.0 Å². The second-order valence-corrected chi connectivity index (χ2v) is 8.89. The third-order valence-corrected chi connectivity index (χ3v) is 6.18. The normalized spacial score (nSPS) is 11.5. The lowest BCUT2D eigenvalue weighted by Crippen LogP contribution is -2.26. The third-order valence-electron chi connectivity index (χ3n) is 4.72. The van der Waals surface area contributed by atoms with Crippen LogP contribution in [-0.2, 0) is 16.4 Å². The molecular weight excluding hydrogens is 414 g/mol. The maximum absolute atomic E-state index is 12.7. The largest absolute Gasteiger partial charge is 0.490 e. The van der Waals surface area contributed by atoms with Crippen molar-refractivity contribution in [1.29, 1.82) is 0 Å². The van der Waals surface area contributed by atoms with Crippen LogP contribution in [0.5, 0.6) is 11.5 Å². The van der Waals surface area contributed by atoms with E-state index in [9.17, 15) is 8.42 Å². The zero-order valence-electron chi connectivity index (χ0n) is 18.4. The van der Waals surface area contributed by atoms with Gasteiger partial charge in [-0.15, -0.1) is 0 Å². The highest BCUT2D eigenvalue weighted by molar-refractivity contribution is 7.89. The molecule has 0 spiro atoms. The van der Waals surface area contributed by atoms with E-state index >= 15 is 0 Å². The number of nitrogens with one attached hydrogen (secondary N) is 1. The van der Waals surface area contributed by atoms with Crippen molar-refractivity contribution in [2.75, 3.05) is 19.8 Å². The first kappa shape index (κ1) is 22.8. The molecule has 0 bridgehead atoms. The standard InChI is InChI=1S/C23H29N3O4S/c1-5-29-22-12-11-21(16-23(22)30-6-2)31(27,28)24-14-13-19-7-9-20(10-8-19)26-18(4)15-17(3)25-26/h7-12,15-16,24H,5-6,13-14H2,1-4H3. The van der Waals surface area contributed by atoms with Crippen LogP contribution >= 0.6 is 0 Å². The van der Waals surface area contributed by atoms with E-state index in [1.54, 1.807) is 6.07 Å². The molecule has 1 aromatic heterocycles. The summed E-state index contributed by atoms with van der Waals surface area (Å²) >= 11 is 0. The molecule has 7 nitrogen and oxygen atoms in total. The smallest absolute Gasteiger partial charge is 0.240 e. The summed E-state index contributed by atoms with van der Waals surface area (Å²) in [6, 6.07) is 14.6. The molecule has 0 aliphatic heterocycles. The molecule has 0 saturated carbocycles. The number of sulfonamides is 1. The summed E-state index contributed by atoms with van der Waals surface area (Å²) < 4.78 is 41.0. The van der Waals surface area contributed by atoms with Gasteiger partial charge in [-0.05, 0) is 70.0 Å². The Balaban J connectivity index is 1.64. The molecule has 0 amide bonds. The predicted octanol–water partition coefficient (Wildman–Crippen LogP) is 3.81. The van der Waals surface area contributed by atoms with Gasteiger partial charge in [-0.3, -0.25) is 0 Å². The molecule has 0 aliphatic carbocycles. The topological polar surface area (TPSA) is 82.5 Å². The number of aryl methyl sites for hydroxylation is 2. The average molecular weight is 444 g/mol. The van der Waals surface area contributed by atoms with E-state index in [0.29, 0.717) is 37.7 Å². The minimum absolute atomic E-state index is 0.152. The Morgan fingerprint density at radius 3 is 2.23 bits per heavy atom. The summed E-state index contributed by atoms with van der Waals surface area (Å²) in [5.41, 5.74) is 4.06. The molecule has 31 heavy (non-hydrogen) atoms.